The molecule has 3 heteroatoms. The van der Waals surface area contributed by atoms with E-state index in [2.05, 4.69) is 33.0 Å². The van der Waals surface area contributed by atoms with Gasteiger partial charge in [-0.25, -0.2) is 0 Å². The van der Waals surface area contributed by atoms with E-state index in [9.17, 15) is 4.79 Å². The van der Waals surface area contributed by atoms with Crippen molar-refractivity contribution in [3.63, 3.8) is 0 Å². The van der Waals surface area contributed by atoms with Gasteiger partial charge in [0.1, 0.15) is 0 Å². The van der Waals surface area contributed by atoms with Crippen LogP contribution in [0.4, 0.5) is 0 Å². The van der Waals surface area contributed by atoms with Crippen molar-refractivity contribution in [3.05, 3.63) is 0 Å². The zero-order chi connectivity index (χ0) is 12.9. The number of likely N-dealkylation sites (tertiary alicyclic amines) is 1. The minimum atomic E-state index is 0.201. The second-order valence-corrected chi connectivity index (χ2v) is 6.17. The number of carbonyl (C=O) groups excluding carboxylic acids is 1. The Bertz CT molecular complexity index is 245. The van der Waals surface area contributed by atoms with Crippen molar-refractivity contribution in [2.75, 3.05) is 19.6 Å². The Morgan fingerprint density at radius 2 is 2.06 bits per heavy atom. The monoisotopic (exact) mass is 240 g/mol. The molecule has 1 atom stereocenters. The topological polar surface area (TPSA) is 32.3 Å². The summed E-state index contributed by atoms with van der Waals surface area (Å²) in [6, 6.07) is 0.393. The van der Waals surface area contributed by atoms with E-state index in [0.29, 0.717) is 11.9 Å². The van der Waals surface area contributed by atoms with Crippen LogP contribution < -0.4 is 5.32 Å². The summed E-state index contributed by atoms with van der Waals surface area (Å²) < 4.78 is 0. The van der Waals surface area contributed by atoms with E-state index in [1.54, 1.807) is 0 Å². The standard InChI is InChI=1S/C14H28N2O/c1-5-9-15-12(14(2,3)4)11-16-10-7-6-8-13(16)17/h12,15H,5-11H2,1-4H3. The Morgan fingerprint density at radius 3 is 2.59 bits per heavy atom. The largest absolute Gasteiger partial charge is 0.341 e. The van der Waals surface area contributed by atoms with Crippen LogP contribution in [0, 0.1) is 5.41 Å². The van der Waals surface area contributed by atoms with Gasteiger partial charge in [-0.2, -0.15) is 0 Å². The molecule has 1 saturated heterocycles. The molecule has 0 aromatic heterocycles. The molecule has 1 N–H and O–H groups in total. The molecule has 17 heavy (non-hydrogen) atoms. The maximum absolute atomic E-state index is 11.8. The molecule has 1 aliphatic heterocycles. The Kier molecular flexibility index (Phi) is 5.44. The second kappa shape index (κ2) is 6.39. The minimum Gasteiger partial charge on any atom is -0.341 e. The third-order valence-electron chi connectivity index (χ3n) is 3.51. The lowest BCUT2D eigenvalue weighted by atomic mass is 9.86. The van der Waals surface area contributed by atoms with E-state index >= 15 is 0 Å². The number of piperidine rings is 1. The molecule has 0 bridgehead atoms. The third-order valence-corrected chi connectivity index (χ3v) is 3.51. The summed E-state index contributed by atoms with van der Waals surface area (Å²) >= 11 is 0. The minimum absolute atomic E-state index is 0.201. The molecule has 0 aromatic rings. The van der Waals surface area contributed by atoms with E-state index in [4.69, 9.17) is 0 Å². The predicted octanol–water partition coefficient (Wildman–Crippen LogP) is 2.41. The van der Waals surface area contributed by atoms with Crippen molar-refractivity contribution in [2.45, 2.75) is 59.4 Å². The van der Waals surface area contributed by atoms with Gasteiger partial charge in [0, 0.05) is 25.6 Å². The molecule has 0 saturated carbocycles. The average molecular weight is 240 g/mol. The lowest BCUT2D eigenvalue weighted by molar-refractivity contribution is -0.134. The van der Waals surface area contributed by atoms with Gasteiger partial charge < -0.3 is 10.2 Å². The lowest BCUT2D eigenvalue weighted by Crippen LogP contribution is -2.51. The summed E-state index contributed by atoms with van der Waals surface area (Å²) in [4.78, 5) is 13.9. The number of rotatable bonds is 5. The fourth-order valence-corrected chi connectivity index (χ4v) is 2.24. The van der Waals surface area contributed by atoms with Gasteiger partial charge in [0.05, 0.1) is 0 Å². The number of nitrogens with one attached hydrogen (secondary N) is 1. The van der Waals surface area contributed by atoms with Crippen molar-refractivity contribution < 1.29 is 4.79 Å². The Hall–Kier alpha value is -0.570. The molecule has 1 heterocycles. The molecule has 1 fully saturated rings. The van der Waals surface area contributed by atoms with Crippen LogP contribution in [-0.4, -0.2) is 36.5 Å². The summed E-state index contributed by atoms with van der Waals surface area (Å²) in [6.07, 6.45) is 4.11. The first-order valence-corrected chi connectivity index (χ1v) is 6.96. The molecule has 1 amide bonds. The number of hydrogen-bond donors (Lipinski definition) is 1. The number of amides is 1. The SMILES string of the molecule is CCCNC(CN1CCCCC1=O)C(C)(C)C. The fraction of sp³-hybridized carbons (Fsp3) is 0.929. The van der Waals surface area contributed by atoms with Crippen molar-refractivity contribution >= 4 is 5.91 Å². The first kappa shape index (κ1) is 14.5. The van der Waals surface area contributed by atoms with E-state index in [-0.39, 0.29) is 5.41 Å². The Balaban J connectivity index is 2.55. The molecule has 100 valence electrons. The van der Waals surface area contributed by atoms with E-state index < -0.39 is 0 Å². The van der Waals surface area contributed by atoms with Crippen LogP contribution in [0.2, 0.25) is 0 Å². The summed E-state index contributed by atoms with van der Waals surface area (Å²) in [7, 11) is 0. The first-order chi connectivity index (χ1) is 7.95. The zero-order valence-corrected chi connectivity index (χ0v) is 11.9. The highest BCUT2D eigenvalue weighted by atomic mass is 16.2. The average Bonchev–Trinajstić information content (AvgIpc) is 2.25. The van der Waals surface area contributed by atoms with Crippen molar-refractivity contribution in [1.29, 1.82) is 0 Å². The highest BCUT2D eigenvalue weighted by Gasteiger charge is 2.28. The van der Waals surface area contributed by atoms with Crippen LogP contribution in [0.1, 0.15) is 53.4 Å². The molecule has 1 unspecified atom stereocenters. The smallest absolute Gasteiger partial charge is 0.222 e. The van der Waals surface area contributed by atoms with Gasteiger partial charge in [0.25, 0.3) is 0 Å². The highest BCUT2D eigenvalue weighted by Crippen LogP contribution is 2.22. The van der Waals surface area contributed by atoms with Crippen LogP contribution in [0.15, 0.2) is 0 Å². The van der Waals surface area contributed by atoms with Crippen LogP contribution >= 0.6 is 0 Å². The zero-order valence-electron chi connectivity index (χ0n) is 11.9. The van der Waals surface area contributed by atoms with Gasteiger partial charge in [-0.05, 0) is 31.2 Å². The summed E-state index contributed by atoms with van der Waals surface area (Å²) in [6.45, 7) is 11.8. The molecule has 0 aliphatic carbocycles. The quantitative estimate of drug-likeness (QED) is 0.800. The van der Waals surface area contributed by atoms with Crippen LogP contribution in [-0.2, 0) is 4.79 Å². The molecular formula is C14H28N2O. The molecular weight excluding hydrogens is 212 g/mol. The van der Waals surface area contributed by atoms with Crippen LogP contribution in [0.25, 0.3) is 0 Å². The third kappa shape index (κ3) is 4.66. The molecule has 0 aromatic carbocycles. The molecule has 1 rings (SSSR count). The fourth-order valence-electron chi connectivity index (χ4n) is 2.24. The molecule has 0 spiro atoms. The second-order valence-electron chi connectivity index (χ2n) is 6.17. The summed E-state index contributed by atoms with van der Waals surface area (Å²) in [5.41, 5.74) is 0.201. The van der Waals surface area contributed by atoms with E-state index in [1.165, 1.54) is 0 Å². The van der Waals surface area contributed by atoms with E-state index in [0.717, 1.165) is 45.3 Å². The summed E-state index contributed by atoms with van der Waals surface area (Å²) in [5.74, 6) is 0.337. The van der Waals surface area contributed by atoms with Crippen molar-refractivity contribution in [2.24, 2.45) is 5.41 Å². The Morgan fingerprint density at radius 1 is 1.35 bits per heavy atom. The lowest BCUT2D eigenvalue weighted by Gasteiger charge is -2.37. The van der Waals surface area contributed by atoms with Crippen LogP contribution in [0.3, 0.4) is 0 Å². The molecule has 3 nitrogen and oxygen atoms in total. The van der Waals surface area contributed by atoms with E-state index in [1.807, 2.05) is 4.90 Å². The van der Waals surface area contributed by atoms with Crippen molar-refractivity contribution in [3.8, 4) is 0 Å². The van der Waals surface area contributed by atoms with Gasteiger partial charge in [-0.1, -0.05) is 27.7 Å². The Labute approximate surface area is 106 Å². The predicted molar refractivity (Wildman–Crippen MR) is 72.0 cm³/mol. The first-order valence-electron chi connectivity index (χ1n) is 6.96. The number of hydrogen-bond acceptors (Lipinski definition) is 2. The van der Waals surface area contributed by atoms with Gasteiger partial charge in [-0.15, -0.1) is 0 Å². The van der Waals surface area contributed by atoms with Gasteiger partial charge in [-0.3, -0.25) is 4.79 Å². The molecule has 1 aliphatic rings. The maximum Gasteiger partial charge on any atom is 0.222 e. The van der Waals surface area contributed by atoms with Gasteiger partial charge >= 0.3 is 0 Å². The van der Waals surface area contributed by atoms with Gasteiger partial charge in [0.15, 0.2) is 0 Å². The van der Waals surface area contributed by atoms with Crippen LogP contribution in [0.5, 0.6) is 0 Å². The summed E-state index contributed by atoms with van der Waals surface area (Å²) in [5, 5.41) is 3.58. The normalized spacial score (nSPS) is 19.5. The highest BCUT2D eigenvalue weighted by molar-refractivity contribution is 5.76. The molecule has 0 radical (unpaired) electrons. The maximum atomic E-state index is 11.8. The van der Waals surface area contributed by atoms with Gasteiger partial charge in [0.2, 0.25) is 5.91 Å². The number of nitrogens with zero attached hydrogens (tertiary/aromatic N) is 1. The number of carbonyl (C=O) groups is 1. The van der Waals surface area contributed by atoms with Crippen molar-refractivity contribution in [1.82, 2.24) is 10.2 Å².